The van der Waals surface area contributed by atoms with Gasteiger partial charge in [-0.1, -0.05) is 18.9 Å². The van der Waals surface area contributed by atoms with Gasteiger partial charge < -0.3 is 5.11 Å². The maximum atomic E-state index is 12.5. The van der Waals surface area contributed by atoms with Crippen molar-refractivity contribution in [1.82, 2.24) is 10.3 Å². The Morgan fingerprint density at radius 3 is 2.50 bits per heavy atom. The first-order chi connectivity index (χ1) is 13.3. The first-order valence-corrected chi connectivity index (χ1v) is 11.4. The Hall–Kier alpha value is -2.23. The number of rotatable bonds is 5. The molecule has 0 bridgehead atoms. The molecular formula is C19H22N2O5S2. The van der Waals surface area contributed by atoms with Crippen LogP contribution in [0.25, 0.3) is 0 Å². The van der Waals surface area contributed by atoms with Crippen LogP contribution in [0.5, 0.6) is 0 Å². The molecule has 0 aliphatic heterocycles. The van der Waals surface area contributed by atoms with Crippen LogP contribution in [-0.2, 0) is 22.9 Å². The first kappa shape index (κ1) is 20.5. The van der Waals surface area contributed by atoms with E-state index in [0.717, 1.165) is 31.7 Å². The number of benzene rings is 1. The Kier molecular flexibility index (Phi) is 6.17. The highest BCUT2D eigenvalue weighted by Crippen LogP contribution is 2.28. The molecule has 0 unspecified atom stereocenters. The van der Waals surface area contributed by atoms with Crippen molar-refractivity contribution in [2.24, 2.45) is 0 Å². The summed E-state index contributed by atoms with van der Waals surface area (Å²) in [7, 11) is -4.10. The predicted octanol–water partition coefficient (Wildman–Crippen LogP) is 3.04. The van der Waals surface area contributed by atoms with Crippen LogP contribution in [0, 0.1) is 6.92 Å². The fourth-order valence-corrected chi connectivity index (χ4v) is 5.47. The summed E-state index contributed by atoms with van der Waals surface area (Å²) < 4.78 is 25.1. The van der Waals surface area contributed by atoms with Gasteiger partial charge in [0.15, 0.2) is 0 Å². The van der Waals surface area contributed by atoms with E-state index in [0.29, 0.717) is 10.4 Å². The van der Waals surface area contributed by atoms with Crippen molar-refractivity contribution in [1.29, 1.82) is 0 Å². The van der Waals surface area contributed by atoms with Gasteiger partial charge in [-0.2, -0.15) is 0 Å². The Morgan fingerprint density at radius 2 is 1.79 bits per heavy atom. The molecule has 2 aromatic rings. The number of thiophene rings is 1. The molecule has 28 heavy (non-hydrogen) atoms. The minimum atomic E-state index is -4.10. The van der Waals surface area contributed by atoms with Gasteiger partial charge in [0.05, 0.1) is 15.3 Å². The highest BCUT2D eigenvalue weighted by molar-refractivity contribution is 7.89. The SMILES string of the molecule is Cc1ccc(C(=O)O)cc1S(=O)(=O)NNC(=O)c1cc2c(s1)CCCCCC2. The van der Waals surface area contributed by atoms with Gasteiger partial charge in [-0.25, -0.2) is 13.2 Å². The third-order valence-corrected chi connectivity index (χ3v) is 7.37. The van der Waals surface area contributed by atoms with Crippen molar-refractivity contribution in [3.63, 3.8) is 0 Å². The van der Waals surface area contributed by atoms with E-state index in [9.17, 15) is 18.0 Å². The summed E-state index contributed by atoms with van der Waals surface area (Å²) in [5, 5.41) is 9.07. The number of hydrogen-bond acceptors (Lipinski definition) is 5. The zero-order chi connectivity index (χ0) is 20.3. The minimum absolute atomic E-state index is 0.143. The summed E-state index contributed by atoms with van der Waals surface area (Å²) in [5.41, 5.74) is 3.65. The Labute approximate surface area is 167 Å². The van der Waals surface area contributed by atoms with Crippen LogP contribution < -0.4 is 10.3 Å². The monoisotopic (exact) mass is 422 g/mol. The van der Waals surface area contributed by atoms with E-state index in [1.165, 1.54) is 46.8 Å². The van der Waals surface area contributed by atoms with Gasteiger partial charge in [0.1, 0.15) is 0 Å². The van der Waals surface area contributed by atoms with E-state index >= 15 is 0 Å². The standard InChI is InChI=1S/C19H22N2O5S2/c1-12-8-9-14(19(23)24)11-17(12)28(25,26)21-20-18(22)16-10-13-6-4-2-3-5-7-15(13)27-16/h8-11,21H,2-7H2,1H3,(H,20,22)(H,23,24). The lowest BCUT2D eigenvalue weighted by molar-refractivity contribution is 0.0696. The summed E-state index contributed by atoms with van der Waals surface area (Å²) in [4.78, 5) is 27.1. The molecule has 3 N–H and O–H groups in total. The summed E-state index contributed by atoms with van der Waals surface area (Å²) in [6.07, 6.45) is 6.45. The molecule has 1 heterocycles. The van der Waals surface area contributed by atoms with E-state index in [1.54, 1.807) is 6.92 Å². The fraction of sp³-hybridized carbons (Fsp3) is 0.368. The molecular weight excluding hydrogens is 400 g/mol. The molecule has 0 spiro atoms. The molecule has 150 valence electrons. The smallest absolute Gasteiger partial charge is 0.335 e. The molecule has 0 saturated carbocycles. The van der Waals surface area contributed by atoms with Gasteiger partial charge in [0.25, 0.3) is 15.9 Å². The van der Waals surface area contributed by atoms with Gasteiger partial charge in [-0.15, -0.1) is 16.2 Å². The van der Waals surface area contributed by atoms with Gasteiger partial charge in [-0.05, 0) is 61.9 Å². The largest absolute Gasteiger partial charge is 0.478 e. The summed E-state index contributed by atoms with van der Waals surface area (Å²) >= 11 is 1.40. The molecule has 9 heteroatoms. The van der Waals surface area contributed by atoms with E-state index in [2.05, 4.69) is 10.3 Å². The van der Waals surface area contributed by atoms with Crippen LogP contribution >= 0.6 is 11.3 Å². The second-order valence-electron chi connectivity index (χ2n) is 6.82. The minimum Gasteiger partial charge on any atom is -0.478 e. The molecule has 1 aromatic carbocycles. The van der Waals surface area contributed by atoms with Crippen LogP contribution in [0.1, 0.15) is 61.7 Å². The van der Waals surface area contributed by atoms with Gasteiger partial charge in [0, 0.05) is 4.88 Å². The number of carbonyl (C=O) groups excluding carboxylic acids is 1. The van der Waals surface area contributed by atoms with E-state index < -0.39 is 21.9 Å². The zero-order valence-electron chi connectivity index (χ0n) is 15.4. The second kappa shape index (κ2) is 8.42. The topological polar surface area (TPSA) is 113 Å². The molecule has 1 aliphatic carbocycles. The zero-order valence-corrected chi connectivity index (χ0v) is 17.1. The number of aryl methyl sites for hydroxylation is 3. The maximum Gasteiger partial charge on any atom is 0.335 e. The van der Waals surface area contributed by atoms with Crippen molar-refractivity contribution in [2.45, 2.75) is 50.3 Å². The van der Waals surface area contributed by atoms with E-state index in [-0.39, 0.29) is 10.5 Å². The lowest BCUT2D eigenvalue weighted by atomic mass is 10.00. The van der Waals surface area contributed by atoms with Crippen LogP contribution in [0.4, 0.5) is 0 Å². The highest BCUT2D eigenvalue weighted by atomic mass is 32.2. The predicted molar refractivity (Wildman–Crippen MR) is 106 cm³/mol. The van der Waals surface area contributed by atoms with Gasteiger partial charge in [-0.3, -0.25) is 10.2 Å². The molecule has 0 saturated heterocycles. The third-order valence-electron chi connectivity index (χ3n) is 4.74. The van der Waals surface area contributed by atoms with Crippen LogP contribution in [0.3, 0.4) is 0 Å². The fourth-order valence-electron chi connectivity index (χ4n) is 3.21. The first-order valence-electron chi connectivity index (χ1n) is 9.05. The van der Waals surface area contributed by atoms with E-state index in [1.807, 2.05) is 6.07 Å². The highest BCUT2D eigenvalue weighted by Gasteiger charge is 2.21. The molecule has 3 rings (SSSR count). The third kappa shape index (κ3) is 4.60. The average molecular weight is 423 g/mol. The molecule has 0 atom stereocenters. The summed E-state index contributed by atoms with van der Waals surface area (Å²) in [5.74, 6) is -1.75. The normalized spacial score (nSPS) is 14.6. The Morgan fingerprint density at radius 1 is 1.07 bits per heavy atom. The van der Waals surface area contributed by atoms with E-state index in [4.69, 9.17) is 5.11 Å². The van der Waals surface area contributed by atoms with Crippen molar-refractivity contribution in [2.75, 3.05) is 0 Å². The Balaban J connectivity index is 1.74. The van der Waals surface area contributed by atoms with Crippen molar-refractivity contribution < 1.29 is 23.1 Å². The molecule has 1 aromatic heterocycles. The number of hydrogen-bond donors (Lipinski definition) is 3. The molecule has 7 nitrogen and oxygen atoms in total. The average Bonchev–Trinajstić information content (AvgIpc) is 3.02. The number of nitrogens with one attached hydrogen (secondary N) is 2. The number of carbonyl (C=O) groups is 2. The number of amides is 1. The van der Waals surface area contributed by atoms with Gasteiger partial charge >= 0.3 is 5.97 Å². The van der Waals surface area contributed by atoms with Crippen molar-refractivity contribution >= 4 is 33.2 Å². The lowest BCUT2D eigenvalue weighted by Crippen LogP contribution is -2.41. The second-order valence-corrected chi connectivity index (χ2v) is 9.61. The maximum absolute atomic E-state index is 12.5. The summed E-state index contributed by atoms with van der Waals surface area (Å²) in [6, 6.07) is 5.66. The quantitative estimate of drug-likeness (QED) is 0.641. The number of aromatic carboxylic acids is 1. The van der Waals surface area contributed by atoms with Crippen LogP contribution in [0.15, 0.2) is 29.2 Å². The molecule has 0 radical (unpaired) electrons. The number of carboxylic acid groups (broad SMARTS) is 1. The number of carboxylic acids is 1. The van der Waals surface area contributed by atoms with Gasteiger partial charge in [0.2, 0.25) is 0 Å². The number of hydrazine groups is 1. The van der Waals surface area contributed by atoms with Crippen LogP contribution in [0.2, 0.25) is 0 Å². The van der Waals surface area contributed by atoms with Crippen molar-refractivity contribution in [3.8, 4) is 0 Å². The molecule has 1 aliphatic rings. The molecule has 0 fully saturated rings. The lowest BCUT2D eigenvalue weighted by Gasteiger charge is -2.10. The number of sulfonamides is 1. The van der Waals surface area contributed by atoms with Crippen LogP contribution in [-0.4, -0.2) is 25.4 Å². The van der Waals surface area contributed by atoms with Crippen molar-refractivity contribution in [3.05, 3.63) is 50.7 Å². The molecule has 1 amide bonds. The summed E-state index contributed by atoms with van der Waals surface area (Å²) in [6.45, 7) is 1.56. The number of fused-ring (bicyclic) bond motifs is 1. The Bertz CT molecular complexity index is 986.